The zero-order valence-corrected chi connectivity index (χ0v) is 10.1. The first-order chi connectivity index (χ1) is 8.65. The van der Waals surface area contributed by atoms with Crippen LogP contribution < -0.4 is 4.90 Å². The van der Waals surface area contributed by atoms with Crippen molar-refractivity contribution in [1.82, 2.24) is 0 Å². The summed E-state index contributed by atoms with van der Waals surface area (Å²) in [6, 6.07) is 4.83. The molecule has 0 saturated carbocycles. The topological polar surface area (TPSA) is 72.7 Å². The van der Waals surface area contributed by atoms with Crippen LogP contribution in [0.2, 0.25) is 0 Å². The van der Waals surface area contributed by atoms with E-state index in [1.165, 1.54) is 13.2 Å². The van der Waals surface area contributed by atoms with Crippen molar-refractivity contribution in [2.75, 3.05) is 25.2 Å². The van der Waals surface area contributed by atoms with E-state index in [1.54, 1.807) is 17.0 Å². The van der Waals surface area contributed by atoms with E-state index in [0.717, 1.165) is 6.42 Å². The summed E-state index contributed by atoms with van der Waals surface area (Å²) in [5.74, 6) is -0.168. The molecule has 0 bridgehead atoms. The molecule has 1 aromatic rings. The lowest BCUT2D eigenvalue weighted by molar-refractivity contribution is -0.385. The first-order valence-corrected chi connectivity index (χ1v) is 5.70. The van der Waals surface area contributed by atoms with Gasteiger partial charge < -0.3 is 9.64 Å². The summed E-state index contributed by atoms with van der Waals surface area (Å²) in [4.78, 5) is 24.0. The highest BCUT2D eigenvalue weighted by molar-refractivity contribution is 5.96. The van der Waals surface area contributed by atoms with Crippen LogP contribution in [-0.2, 0) is 16.0 Å². The van der Waals surface area contributed by atoms with Gasteiger partial charge in [-0.3, -0.25) is 14.9 Å². The Morgan fingerprint density at radius 3 is 3.00 bits per heavy atom. The van der Waals surface area contributed by atoms with Gasteiger partial charge in [0.2, 0.25) is 0 Å². The molecule has 0 atom stereocenters. The molecule has 1 amide bonds. The summed E-state index contributed by atoms with van der Waals surface area (Å²) >= 11 is 0. The summed E-state index contributed by atoms with van der Waals surface area (Å²) in [5.41, 5.74) is 1.36. The third kappa shape index (κ3) is 2.19. The van der Waals surface area contributed by atoms with Gasteiger partial charge in [0.05, 0.1) is 16.2 Å². The number of methoxy groups -OCH3 is 1. The summed E-state index contributed by atoms with van der Waals surface area (Å²) in [6.45, 7) is 0.568. The van der Waals surface area contributed by atoms with Crippen LogP contribution in [-0.4, -0.2) is 31.1 Å². The predicted molar refractivity (Wildman–Crippen MR) is 65.6 cm³/mol. The lowest BCUT2D eigenvalue weighted by Crippen LogP contribution is -2.37. The van der Waals surface area contributed by atoms with Crippen LogP contribution in [0.15, 0.2) is 18.2 Å². The van der Waals surface area contributed by atoms with Gasteiger partial charge in [0.1, 0.15) is 6.61 Å². The molecule has 0 aliphatic carbocycles. The summed E-state index contributed by atoms with van der Waals surface area (Å²) in [7, 11) is 1.45. The molecule has 0 fully saturated rings. The number of benzene rings is 1. The largest absolute Gasteiger partial charge is 0.375 e. The average molecular weight is 250 g/mol. The third-order valence-electron chi connectivity index (χ3n) is 2.99. The molecule has 0 saturated heterocycles. The summed E-state index contributed by atoms with van der Waals surface area (Å²) < 4.78 is 4.82. The Kier molecular flexibility index (Phi) is 3.57. The molecule has 2 rings (SSSR count). The zero-order valence-electron chi connectivity index (χ0n) is 10.1. The average Bonchev–Trinajstić information content (AvgIpc) is 2.37. The van der Waals surface area contributed by atoms with E-state index in [9.17, 15) is 14.9 Å². The molecule has 1 aliphatic rings. The Morgan fingerprint density at radius 1 is 1.56 bits per heavy atom. The standard InChI is InChI=1S/C12H14N2O4/c1-18-8-12(15)13-7-3-4-9-10(13)5-2-6-11(9)14(16)17/h2,5-6H,3-4,7-8H2,1H3. The second-order valence-electron chi connectivity index (χ2n) is 4.11. The van der Waals surface area contributed by atoms with Crippen LogP contribution in [0.5, 0.6) is 0 Å². The monoisotopic (exact) mass is 250 g/mol. The molecular formula is C12H14N2O4. The van der Waals surface area contributed by atoms with E-state index in [-0.39, 0.29) is 18.2 Å². The van der Waals surface area contributed by atoms with Crippen molar-refractivity contribution >= 4 is 17.3 Å². The molecular weight excluding hydrogens is 236 g/mol. The number of nitro groups is 1. The van der Waals surface area contributed by atoms with Gasteiger partial charge in [-0.05, 0) is 18.9 Å². The highest BCUT2D eigenvalue weighted by atomic mass is 16.6. The maximum absolute atomic E-state index is 11.9. The molecule has 0 spiro atoms. The zero-order chi connectivity index (χ0) is 13.1. The molecule has 0 unspecified atom stereocenters. The lowest BCUT2D eigenvalue weighted by atomic mass is 10.00. The molecule has 1 aromatic carbocycles. The van der Waals surface area contributed by atoms with E-state index < -0.39 is 4.92 Å². The van der Waals surface area contributed by atoms with Gasteiger partial charge in [-0.2, -0.15) is 0 Å². The Labute approximate surface area is 104 Å². The van der Waals surface area contributed by atoms with Crippen molar-refractivity contribution < 1.29 is 14.5 Å². The fourth-order valence-corrected chi connectivity index (χ4v) is 2.24. The van der Waals surface area contributed by atoms with Crippen molar-refractivity contribution in [2.45, 2.75) is 12.8 Å². The number of rotatable bonds is 3. The van der Waals surface area contributed by atoms with Crippen molar-refractivity contribution in [1.29, 1.82) is 0 Å². The van der Waals surface area contributed by atoms with Gasteiger partial charge in [0.15, 0.2) is 0 Å². The van der Waals surface area contributed by atoms with Crippen LogP contribution in [0.4, 0.5) is 11.4 Å². The smallest absolute Gasteiger partial charge is 0.274 e. The van der Waals surface area contributed by atoms with Gasteiger partial charge in [-0.25, -0.2) is 0 Å². The lowest BCUT2D eigenvalue weighted by Gasteiger charge is -2.28. The van der Waals surface area contributed by atoms with Crippen LogP contribution in [0.3, 0.4) is 0 Å². The number of ether oxygens (including phenoxy) is 1. The second-order valence-corrected chi connectivity index (χ2v) is 4.11. The minimum Gasteiger partial charge on any atom is -0.375 e. The van der Waals surface area contributed by atoms with Gasteiger partial charge in [0, 0.05) is 19.7 Å². The quantitative estimate of drug-likeness (QED) is 0.602. The Hall–Kier alpha value is -1.95. The Balaban J connectivity index is 2.41. The van der Waals surface area contributed by atoms with Gasteiger partial charge in [-0.15, -0.1) is 0 Å². The number of hydrogen-bond donors (Lipinski definition) is 0. The maximum atomic E-state index is 11.9. The van der Waals surface area contributed by atoms with E-state index in [2.05, 4.69) is 0 Å². The molecule has 0 aromatic heterocycles. The number of hydrogen-bond acceptors (Lipinski definition) is 4. The van der Waals surface area contributed by atoms with Crippen LogP contribution in [0.1, 0.15) is 12.0 Å². The van der Waals surface area contributed by atoms with E-state index >= 15 is 0 Å². The fourth-order valence-electron chi connectivity index (χ4n) is 2.24. The third-order valence-corrected chi connectivity index (χ3v) is 2.99. The van der Waals surface area contributed by atoms with Crippen molar-refractivity contribution in [3.05, 3.63) is 33.9 Å². The van der Waals surface area contributed by atoms with Crippen molar-refractivity contribution in [2.24, 2.45) is 0 Å². The molecule has 1 aliphatic heterocycles. The first kappa shape index (κ1) is 12.5. The van der Waals surface area contributed by atoms with Crippen LogP contribution >= 0.6 is 0 Å². The number of fused-ring (bicyclic) bond motifs is 1. The molecule has 18 heavy (non-hydrogen) atoms. The van der Waals surface area contributed by atoms with E-state index in [1.807, 2.05) is 0 Å². The van der Waals surface area contributed by atoms with Crippen molar-refractivity contribution in [3.63, 3.8) is 0 Å². The summed E-state index contributed by atoms with van der Waals surface area (Å²) in [6.07, 6.45) is 1.36. The Bertz CT molecular complexity index is 487. The van der Waals surface area contributed by atoms with E-state index in [0.29, 0.717) is 24.2 Å². The second kappa shape index (κ2) is 5.14. The number of nitro benzene ring substituents is 1. The van der Waals surface area contributed by atoms with E-state index in [4.69, 9.17) is 4.74 Å². The van der Waals surface area contributed by atoms with Gasteiger partial charge >= 0.3 is 0 Å². The van der Waals surface area contributed by atoms with Gasteiger partial charge in [0.25, 0.3) is 11.6 Å². The molecule has 96 valence electrons. The number of nitrogens with zero attached hydrogens (tertiary/aromatic N) is 2. The molecule has 0 N–H and O–H groups in total. The highest BCUT2D eigenvalue weighted by Crippen LogP contribution is 2.33. The number of amides is 1. The molecule has 6 heteroatoms. The van der Waals surface area contributed by atoms with Gasteiger partial charge in [-0.1, -0.05) is 6.07 Å². The van der Waals surface area contributed by atoms with Crippen molar-refractivity contribution in [3.8, 4) is 0 Å². The number of carbonyl (C=O) groups is 1. The highest BCUT2D eigenvalue weighted by Gasteiger charge is 2.27. The molecule has 1 heterocycles. The fraction of sp³-hybridized carbons (Fsp3) is 0.417. The first-order valence-electron chi connectivity index (χ1n) is 5.70. The number of anilines is 1. The summed E-state index contributed by atoms with van der Waals surface area (Å²) in [5, 5.41) is 11.0. The molecule has 0 radical (unpaired) electrons. The SMILES string of the molecule is COCC(=O)N1CCCc2c1cccc2[N+](=O)[O-]. The normalized spacial score (nSPS) is 14.2. The van der Waals surface area contributed by atoms with Crippen LogP contribution in [0, 0.1) is 10.1 Å². The predicted octanol–water partition coefficient (Wildman–Crippen LogP) is 1.52. The maximum Gasteiger partial charge on any atom is 0.274 e. The minimum absolute atomic E-state index is 0.0118. The van der Waals surface area contributed by atoms with Crippen LogP contribution in [0.25, 0.3) is 0 Å². The number of carbonyl (C=O) groups excluding carboxylic acids is 1. The molecule has 6 nitrogen and oxygen atoms in total. The minimum atomic E-state index is -0.400. The Morgan fingerprint density at radius 2 is 2.33 bits per heavy atom.